The molecule has 1 atom stereocenters. The quantitative estimate of drug-likeness (QED) is 0.673. The summed E-state index contributed by atoms with van der Waals surface area (Å²) in [7, 11) is 1.60. The molecule has 2 rings (SSSR count). The van der Waals surface area contributed by atoms with Crippen LogP contribution in [0.3, 0.4) is 0 Å². The molecule has 1 aliphatic carbocycles. The van der Waals surface area contributed by atoms with Crippen LogP contribution in [0, 0.1) is 5.41 Å². The van der Waals surface area contributed by atoms with Gasteiger partial charge in [0.25, 0.3) is 0 Å². The number of aliphatic hydroxyl groups excluding tert-OH is 1. The van der Waals surface area contributed by atoms with E-state index in [1.807, 2.05) is 12.1 Å². The summed E-state index contributed by atoms with van der Waals surface area (Å²) in [6.07, 6.45) is 3.00. The number of aromatic hydroxyl groups is 1. The Labute approximate surface area is 124 Å². The Balaban J connectivity index is 1.92. The number of hydrogen-bond acceptors (Lipinski definition) is 4. The number of phenolic OH excluding ortho intramolecular Hbond substituents is 1. The molecule has 116 valence electrons. The van der Waals surface area contributed by atoms with Crippen LogP contribution in [0.15, 0.2) is 24.3 Å². The number of methoxy groups -OCH3 is 1. The zero-order chi connectivity index (χ0) is 15.3. The van der Waals surface area contributed by atoms with Crippen LogP contribution in [-0.4, -0.2) is 42.5 Å². The van der Waals surface area contributed by atoms with E-state index in [9.17, 15) is 15.0 Å². The number of carbonyl (C=O) groups excluding carboxylic acids is 1. The first-order chi connectivity index (χ1) is 10.1. The van der Waals surface area contributed by atoms with Gasteiger partial charge in [-0.1, -0.05) is 12.1 Å². The molecule has 0 heterocycles. The van der Waals surface area contributed by atoms with Crippen molar-refractivity contribution < 1.29 is 19.7 Å². The van der Waals surface area contributed by atoms with Gasteiger partial charge in [-0.05, 0) is 43.4 Å². The maximum atomic E-state index is 12.4. The van der Waals surface area contributed by atoms with Crippen LogP contribution in [0.2, 0.25) is 0 Å². The zero-order valence-electron chi connectivity index (χ0n) is 12.3. The summed E-state index contributed by atoms with van der Waals surface area (Å²) < 4.78 is 4.98. The molecule has 0 aliphatic heterocycles. The number of rotatable bonds is 8. The van der Waals surface area contributed by atoms with Crippen molar-refractivity contribution in [1.82, 2.24) is 5.32 Å². The lowest BCUT2D eigenvalue weighted by molar-refractivity contribution is -0.127. The Kier molecular flexibility index (Phi) is 5.20. The van der Waals surface area contributed by atoms with Crippen LogP contribution < -0.4 is 5.32 Å². The maximum Gasteiger partial charge on any atom is 0.226 e. The van der Waals surface area contributed by atoms with Crippen molar-refractivity contribution >= 4 is 5.91 Å². The lowest BCUT2D eigenvalue weighted by Crippen LogP contribution is -2.43. The number of nitrogens with one attached hydrogen (secondary N) is 1. The predicted octanol–water partition coefficient (Wildman–Crippen LogP) is 1.23. The second-order valence-corrected chi connectivity index (χ2v) is 5.76. The van der Waals surface area contributed by atoms with Crippen molar-refractivity contribution in [3.63, 3.8) is 0 Å². The lowest BCUT2D eigenvalue weighted by Gasteiger charge is -2.21. The van der Waals surface area contributed by atoms with Gasteiger partial charge >= 0.3 is 0 Å². The monoisotopic (exact) mass is 293 g/mol. The molecule has 21 heavy (non-hydrogen) atoms. The predicted molar refractivity (Wildman–Crippen MR) is 79.0 cm³/mol. The van der Waals surface area contributed by atoms with E-state index in [4.69, 9.17) is 4.74 Å². The van der Waals surface area contributed by atoms with E-state index in [2.05, 4.69) is 5.32 Å². The van der Waals surface area contributed by atoms with Gasteiger partial charge in [0.2, 0.25) is 5.91 Å². The molecular formula is C16H23NO4. The van der Waals surface area contributed by atoms with E-state index in [1.54, 1.807) is 19.2 Å². The fourth-order valence-corrected chi connectivity index (χ4v) is 2.45. The number of ether oxygens (including phenoxy) is 1. The molecular weight excluding hydrogens is 270 g/mol. The third-order valence-corrected chi connectivity index (χ3v) is 4.04. The number of benzene rings is 1. The van der Waals surface area contributed by atoms with Gasteiger partial charge in [-0.2, -0.15) is 0 Å². The third-order valence-electron chi connectivity index (χ3n) is 4.04. The first-order valence-electron chi connectivity index (χ1n) is 7.28. The van der Waals surface area contributed by atoms with Crippen LogP contribution in [-0.2, 0) is 16.0 Å². The smallest absolute Gasteiger partial charge is 0.226 e. The van der Waals surface area contributed by atoms with Crippen LogP contribution in [0.25, 0.3) is 0 Å². The molecule has 0 aromatic heterocycles. The molecule has 3 N–H and O–H groups in total. The van der Waals surface area contributed by atoms with E-state index in [0.717, 1.165) is 18.4 Å². The molecule has 1 unspecified atom stereocenters. The van der Waals surface area contributed by atoms with Crippen molar-refractivity contribution in [2.24, 2.45) is 5.41 Å². The number of carbonyl (C=O) groups is 1. The standard InChI is InChI=1S/C16H23NO4/c1-21-9-6-13(11-18)17-15(20)16(7-8-16)10-12-2-4-14(19)5-3-12/h2-5,13,18-19H,6-11H2,1H3,(H,17,20). The van der Waals surface area contributed by atoms with Gasteiger partial charge in [0, 0.05) is 13.7 Å². The van der Waals surface area contributed by atoms with Crippen molar-refractivity contribution in [2.75, 3.05) is 20.3 Å². The molecule has 0 spiro atoms. The van der Waals surface area contributed by atoms with Gasteiger partial charge in [0.1, 0.15) is 5.75 Å². The Hall–Kier alpha value is -1.59. The summed E-state index contributed by atoms with van der Waals surface area (Å²) in [6, 6.07) is 6.71. The average molecular weight is 293 g/mol. The van der Waals surface area contributed by atoms with Crippen LogP contribution >= 0.6 is 0 Å². The van der Waals surface area contributed by atoms with Gasteiger partial charge in [0.05, 0.1) is 18.1 Å². The van der Waals surface area contributed by atoms with Crippen LogP contribution in [0.5, 0.6) is 5.75 Å². The Bertz CT molecular complexity index is 468. The highest BCUT2D eigenvalue weighted by atomic mass is 16.5. The molecule has 5 heteroatoms. The average Bonchev–Trinajstić information content (AvgIpc) is 3.26. The van der Waals surface area contributed by atoms with Crippen LogP contribution in [0.4, 0.5) is 0 Å². The molecule has 1 aromatic rings. The normalized spacial score (nSPS) is 17.2. The molecule has 0 bridgehead atoms. The molecule has 0 radical (unpaired) electrons. The van der Waals surface area contributed by atoms with Gasteiger partial charge < -0.3 is 20.3 Å². The first-order valence-corrected chi connectivity index (χ1v) is 7.28. The van der Waals surface area contributed by atoms with E-state index in [0.29, 0.717) is 19.4 Å². The van der Waals surface area contributed by atoms with E-state index in [-0.39, 0.29) is 29.7 Å². The Morgan fingerprint density at radius 2 is 2.05 bits per heavy atom. The number of phenols is 1. The molecule has 5 nitrogen and oxygen atoms in total. The van der Waals surface area contributed by atoms with Gasteiger partial charge in [0.15, 0.2) is 0 Å². The summed E-state index contributed by atoms with van der Waals surface area (Å²) in [4.78, 5) is 12.4. The minimum absolute atomic E-state index is 0.00530. The highest BCUT2D eigenvalue weighted by Crippen LogP contribution is 2.48. The number of hydrogen-bond donors (Lipinski definition) is 3. The van der Waals surface area contributed by atoms with E-state index >= 15 is 0 Å². The fraction of sp³-hybridized carbons (Fsp3) is 0.562. The van der Waals surface area contributed by atoms with Crippen molar-refractivity contribution in [2.45, 2.75) is 31.7 Å². The number of aliphatic hydroxyl groups is 1. The summed E-state index contributed by atoms with van der Waals surface area (Å²) >= 11 is 0. The minimum Gasteiger partial charge on any atom is -0.508 e. The number of amides is 1. The lowest BCUT2D eigenvalue weighted by atomic mass is 9.95. The van der Waals surface area contributed by atoms with Crippen molar-refractivity contribution in [3.05, 3.63) is 29.8 Å². The second-order valence-electron chi connectivity index (χ2n) is 5.76. The Morgan fingerprint density at radius 3 is 2.57 bits per heavy atom. The second kappa shape index (κ2) is 6.91. The maximum absolute atomic E-state index is 12.4. The van der Waals surface area contributed by atoms with Crippen LogP contribution in [0.1, 0.15) is 24.8 Å². The van der Waals surface area contributed by atoms with Crippen molar-refractivity contribution in [3.8, 4) is 5.75 Å². The molecule has 1 amide bonds. The fourth-order valence-electron chi connectivity index (χ4n) is 2.45. The van der Waals surface area contributed by atoms with Gasteiger partial charge in [-0.3, -0.25) is 4.79 Å². The molecule has 0 saturated heterocycles. The minimum atomic E-state index is -0.350. The molecule has 1 aromatic carbocycles. The highest BCUT2D eigenvalue weighted by molar-refractivity contribution is 5.85. The van der Waals surface area contributed by atoms with E-state index in [1.165, 1.54) is 0 Å². The topological polar surface area (TPSA) is 78.8 Å². The molecule has 1 fully saturated rings. The Morgan fingerprint density at radius 1 is 1.38 bits per heavy atom. The largest absolute Gasteiger partial charge is 0.508 e. The summed E-state index contributed by atoms with van der Waals surface area (Å²) in [5.41, 5.74) is 0.690. The highest BCUT2D eigenvalue weighted by Gasteiger charge is 2.49. The van der Waals surface area contributed by atoms with Gasteiger partial charge in [-0.25, -0.2) is 0 Å². The van der Waals surface area contributed by atoms with Crippen molar-refractivity contribution in [1.29, 1.82) is 0 Å². The molecule has 1 saturated carbocycles. The SMILES string of the molecule is COCCC(CO)NC(=O)C1(Cc2ccc(O)cc2)CC1. The first kappa shape index (κ1) is 15.8. The summed E-state index contributed by atoms with van der Waals surface area (Å²) in [5.74, 6) is 0.235. The van der Waals surface area contributed by atoms with Gasteiger partial charge in [-0.15, -0.1) is 0 Å². The zero-order valence-corrected chi connectivity index (χ0v) is 12.3. The molecule has 1 aliphatic rings. The van der Waals surface area contributed by atoms with E-state index < -0.39 is 0 Å². The third kappa shape index (κ3) is 4.19. The summed E-state index contributed by atoms with van der Waals surface area (Å²) in [5, 5.41) is 21.5. The summed E-state index contributed by atoms with van der Waals surface area (Å²) in [6.45, 7) is 0.431.